The van der Waals surface area contributed by atoms with Crippen molar-refractivity contribution in [3.8, 4) is 0 Å². The first kappa shape index (κ1) is 8.30. The first-order valence-corrected chi connectivity index (χ1v) is 4.68. The van der Waals surface area contributed by atoms with Crippen LogP contribution in [-0.2, 0) is 6.42 Å². The molecule has 2 rings (SSSR count). The molecule has 0 fully saturated rings. The first-order valence-electron chi connectivity index (χ1n) is 4.68. The molecule has 1 aliphatic rings. The van der Waals surface area contributed by atoms with E-state index in [4.69, 9.17) is 5.84 Å². The topological polar surface area (TPSA) is 38.4 Å². The van der Waals surface area contributed by atoms with Crippen LogP contribution in [0.15, 0.2) is 23.3 Å². The molecule has 1 aromatic carbocycles. The third-order valence-corrected chi connectivity index (χ3v) is 2.59. The van der Waals surface area contributed by atoms with Crippen LogP contribution in [0.25, 0.3) is 0 Å². The van der Waals surface area contributed by atoms with E-state index in [1.165, 1.54) is 23.1 Å². The molecule has 2 nitrogen and oxygen atoms in total. The van der Waals surface area contributed by atoms with Crippen molar-refractivity contribution in [2.45, 2.75) is 26.2 Å². The maximum atomic E-state index is 5.36. The Labute approximate surface area is 78.5 Å². The lowest BCUT2D eigenvalue weighted by Crippen LogP contribution is -2.13. The third kappa shape index (κ3) is 1.44. The fourth-order valence-electron chi connectivity index (χ4n) is 1.89. The van der Waals surface area contributed by atoms with Gasteiger partial charge in [-0.3, -0.25) is 0 Å². The summed E-state index contributed by atoms with van der Waals surface area (Å²) in [6.45, 7) is 2.10. The van der Waals surface area contributed by atoms with Crippen molar-refractivity contribution in [3.63, 3.8) is 0 Å². The molecule has 0 aromatic heterocycles. The van der Waals surface area contributed by atoms with Crippen LogP contribution < -0.4 is 5.84 Å². The molecule has 0 atom stereocenters. The fraction of sp³-hybridized carbons (Fsp3) is 0.364. The van der Waals surface area contributed by atoms with E-state index in [-0.39, 0.29) is 0 Å². The van der Waals surface area contributed by atoms with E-state index >= 15 is 0 Å². The molecule has 0 aliphatic heterocycles. The monoisotopic (exact) mass is 174 g/mol. The molecule has 0 saturated heterocycles. The first-order chi connectivity index (χ1) is 6.31. The summed E-state index contributed by atoms with van der Waals surface area (Å²) >= 11 is 0. The molecular weight excluding hydrogens is 160 g/mol. The van der Waals surface area contributed by atoms with Gasteiger partial charge >= 0.3 is 0 Å². The molecule has 1 aliphatic carbocycles. The number of hydrazone groups is 1. The van der Waals surface area contributed by atoms with Gasteiger partial charge in [-0.05, 0) is 37.8 Å². The van der Waals surface area contributed by atoms with Gasteiger partial charge in [0.05, 0.1) is 5.71 Å². The SMILES string of the molecule is Cc1ccc2c(c1)C(=NN)CCC2. The molecule has 0 spiro atoms. The number of hydrogen-bond acceptors (Lipinski definition) is 2. The van der Waals surface area contributed by atoms with Crippen LogP contribution >= 0.6 is 0 Å². The summed E-state index contributed by atoms with van der Waals surface area (Å²) < 4.78 is 0. The van der Waals surface area contributed by atoms with E-state index < -0.39 is 0 Å². The van der Waals surface area contributed by atoms with Crippen molar-refractivity contribution in [2.24, 2.45) is 10.9 Å². The maximum Gasteiger partial charge on any atom is 0.0675 e. The number of fused-ring (bicyclic) bond motifs is 1. The average Bonchev–Trinajstić information content (AvgIpc) is 2.17. The fourth-order valence-corrected chi connectivity index (χ4v) is 1.89. The van der Waals surface area contributed by atoms with Gasteiger partial charge in [-0.1, -0.05) is 17.7 Å². The summed E-state index contributed by atoms with van der Waals surface area (Å²) in [5, 5.41) is 3.85. The summed E-state index contributed by atoms with van der Waals surface area (Å²) in [5.74, 6) is 5.36. The standard InChI is InChI=1S/C11H14N2/c1-8-5-6-9-3-2-4-11(13-12)10(9)7-8/h5-7H,2-4,12H2,1H3. The lowest BCUT2D eigenvalue weighted by molar-refractivity contribution is 0.834. The van der Waals surface area contributed by atoms with Gasteiger partial charge in [0, 0.05) is 5.56 Å². The summed E-state index contributed by atoms with van der Waals surface area (Å²) in [6.07, 6.45) is 3.35. The summed E-state index contributed by atoms with van der Waals surface area (Å²) in [4.78, 5) is 0. The van der Waals surface area contributed by atoms with E-state index in [0.717, 1.165) is 18.6 Å². The van der Waals surface area contributed by atoms with Crippen LogP contribution in [-0.4, -0.2) is 5.71 Å². The molecule has 0 amide bonds. The highest BCUT2D eigenvalue weighted by Crippen LogP contribution is 2.22. The smallest absolute Gasteiger partial charge is 0.0675 e. The van der Waals surface area contributed by atoms with E-state index in [0.29, 0.717) is 0 Å². The molecule has 0 unspecified atom stereocenters. The molecular formula is C11H14N2. The summed E-state index contributed by atoms with van der Waals surface area (Å²) in [5.41, 5.74) is 4.99. The van der Waals surface area contributed by atoms with Crippen LogP contribution in [0.1, 0.15) is 29.5 Å². The Morgan fingerprint density at radius 2 is 2.15 bits per heavy atom. The van der Waals surface area contributed by atoms with Crippen LogP contribution in [0.2, 0.25) is 0 Å². The Hall–Kier alpha value is -1.31. The highest BCUT2D eigenvalue weighted by atomic mass is 15.1. The van der Waals surface area contributed by atoms with Crippen LogP contribution in [0, 0.1) is 6.92 Å². The molecule has 0 heterocycles. The largest absolute Gasteiger partial charge is 0.323 e. The number of aryl methyl sites for hydroxylation is 2. The van der Waals surface area contributed by atoms with Gasteiger partial charge < -0.3 is 5.84 Å². The van der Waals surface area contributed by atoms with Crippen LogP contribution in [0.4, 0.5) is 0 Å². The number of hydrogen-bond donors (Lipinski definition) is 1. The molecule has 1 aromatic rings. The van der Waals surface area contributed by atoms with E-state index in [9.17, 15) is 0 Å². The van der Waals surface area contributed by atoms with Gasteiger partial charge in [0.15, 0.2) is 0 Å². The summed E-state index contributed by atoms with van der Waals surface area (Å²) in [7, 11) is 0. The quantitative estimate of drug-likeness (QED) is 0.474. The van der Waals surface area contributed by atoms with Gasteiger partial charge in [-0.25, -0.2) is 0 Å². The Morgan fingerprint density at radius 3 is 2.92 bits per heavy atom. The maximum absolute atomic E-state index is 5.36. The van der Waals surface area contributed by atoms with E-state index in [2.05, 4.69) is 30.2 Å². The van der Waals surface area contributed by atoms with Crippen molar-refractivity contribution in [3.05, 3.63) is 34.9 Å². The zero-order valence-electron chi connectivity index (χ0n) is 7.88. The van der Waals surface area contributed by atoms with Crippen LogP contribution in [0.5, 0.6) is 0 Å². The molecule has 0 bridgehead atoms. The molecule has 0 saturated carbocycles. The Bertz CT molecular complexity index is 353. The molecule has 2 N–H and O–H groups in total. The van der Waals surface area contributed by atoms with Crippen molar-refractivity contribution in [1.82, 2.24) is 0 Å². The Kier molecular flexibility index (Phi) is 2.05. The van der Waals surface area contributed by atoms with Gasteiger partial charge in [0.25, 0.3) is 0 Å². The van der Waals surface area contributed by atoms with E-state index in [1.54, 1.807) is 0 Å². The Morgan fingerprint density at radius 1 is 1.31 bits per heavy atom. The van der Waals surface area contributed by atoms with E-state index in [1.807, 2.05) is 0 Å². The predicted molar refractivity (Wildman–Crippen MR) is 54.8 cm³/mol. The third-order valence-electron chi connectivity index (χ3n) is 2.59. The predicted octanol–water partition coefficient (Wildman–Crippen LogP) is 1.99. The van der Waals surface area contributed by atoms with Gasteiger partial charge in [-0.2, -0.15) is 5.10 Å². The Balaban J connectivity index is 2.54. The minimum absolute atomic E-state index is 1.02. The minimum atomic E-state index is 1.02. The zero-order valence-corrected chi connectivity index (χ0v) is 7.88. The number of nitrogens with two attached hydrogens (primary N) is 1. The number of rotatable bonds is 0. The second-order valence-corrected chi connectivity index (χ2v) is 3.59. The number of nitrogens with zero attached hydrogens (tertiary/aromatic N) is 1. The van der Waals surface area contributed by atoms with Gasteiger partial charge in [0.1, 0.15) is 0 Å². The van der Waals surface area contributed by atoms with Gasteiger partial charge in [0.2, 0.25) is 0 Å². The molecule has 13 heavy (non-hydrogen) atoms. The second-order valence-electron chi connectivity index (χ2n) is 3.59. The second kappa shape index (κ2) is 3.21. The molecule has 0 radical (unpaired) electrons. The molecule has 68 valence electrons. The van der Waals surface area contributed by atoms with Crippen molar-refractivity contribution < 1.29 is 0 Å². The highest BCUT2D eigenvalue weighted by Gasteiger charge is 2.14. The van der Waals surface area contributed by atoms with Crippen molar-refractivity contribution in [1.29, 1.82) is 0 Å². The number of benzene rings is 1. The van der Waals surface area contributed by atoms with Crippen molar-refractivity contribution in [2.75, 3.05) is 0 Å². The summed E-state index contributed by atoms with van der Waals surface area (Å²) in [6, 6.07) is 6.52. The lowest BCUT2D eigenvalue weighted by Gasteiger charge is -2.17. The average molecular weight is 174 g/mol. The molecule has 2 heteroatoms. The van der Waals surface area contributed by atoms with Crippen LogP contribution in [0.3, 0.4) is 0 Å². The zero-order chi connectivity index (χ0) is 9.26. The minimum Gasteiger partial charge on any atom is -0.323 e. The van der Waals surface area contributed by atoms with Gasteiger partial charge in [-0.15, -0.1) is 0 Å². The lowest BCUT2D eigenvalue weighted by atomic mass is 9.89. The van der Waals surface area contributed by atoms with Crippen molar-refractivity contribution >= 4 is 5.71 Å². The highest BCUT2D eigenvalue weighted by molar-refractivity contribution is 6.02. The normalized spacial score (nSPS) is 18.7.